The van der Waals surface area contributed by atoms with Gasteiger partial charge >= 0.3 is 5.97 Å². The highest BCUT2D eigenvalue weighted by Gasteiger charge is 2.32. The van der Waals surface area contributed by atoms with Gasteiger partial charge in [0.15, 0.2) is 0 Å². The molecule has 0 bridgehead atoms. The van der Waals surface area contributed by atoms with Crippen LogP contribution in [0, 0.1) is 19.7 Å². The molecule has 0 saturated carbocycles. The quantitative estimate of drug-likeness (QED) is 0.249. The number of methoxy groups -OCH3 is 1. The van der Waals surface area contributed by atoms with Gasteiger partial charge in [0.05, 0.1) is 25.8 Å². The second-order valence-electron chi connectivity index (χ2n) is 10.3. The van der Waals surface area contributed by atoms with E-state index in [2.05, 4.69) is 31.0 Å². The van der Waals surface area contributed by atoms with Crippen LogP contribution < -0.4 is 9.47 Å². The SMILES string of the molecule is COC(=O)CC1COc2cc(OC3CCc4c(-c5c(C)cc(-c6ccccn6)cc5C)ccc(F)c43)ccc21. The van der Waals surface area contributed by atoms with Crippen LogP contribution in [0.25, 0.3) is 22.4 Å². The lowest BCUT2D eigenvalue weighted by molar-refractivity contribution is -0.141. The summed E-state index contributed by atoms with van der Waals surface area (Å²) in [5.74, 6) is 0.786. The van der Waals surface area contributed by atoms with Crippen molar-refractivity contribution in [3.8, 4) is 33.9 Å². The van der Waals surface area contributed by atoms with Crippen LogP contribution in [0.2, 0.25) is 0 Å². The Labute approximate surface area is 227 Å². The first kappa shape index (κ1) is 25.1. The molecule has 3 aromatic carbocycles. The number of benzene rings is 3. The molecular formula is C33H30FNO4. The average molecular weight is 524 g/mol. The minimum absolute atomic E-state index is 0.0377. The lowest BCUT2D eigenvalue weighted by Crippen LogP contribution is -2.09. The third kappa shape index (κ3) is 4.65. The normalized spacial score (nSPS) is 17.3. The van der Waals surface area contributed by atoms with E-state index in [0.717, 1.165) is 51.1 Å². The molecule has 1 aliphatic carbocycles. The fraction of sp³-hybridized carbons (Fsp3) is 0.273. The van der Waals surface area contributed by atoms with Crippen molar-refractivity contribution >= 4 is 5.97 Å². The molecule has 5 nitrogen and oxygen atoms in total. The monoisotopic (exact) mass is 523 g/mol. The van der Waals surface area contributed by atoms with Crippen molar-refractivity contribution in [1.82, 2.24) is 4.98 Å². The van der Waals surface area contributed by atoms with Gasteiger partial charge in [-0.15, -0.1) is 0 Å². The number of hydrogen-bond donors (Lipinski definition) is 0. The number of carbonyl (C=O) groups excluding carboxylic acids is 1. The van der Waals surface area contributed by atoms with E-state index in [1.165, 1.54) is 7.11 Å². The van der Waals surface area contributed by atoms with Crippen molar-refractivity contribution in [2.45, 2.75) is 45.1 Å². The van der Waals surface area contributed by atoms with E-state index in [1.54, 1.807) is 12.3 Å². The summed E-state index contributed by atoms with van der Waals surface area (Å²) in [6, 6.07) is 19.3. The molecule has 4 aromatic rings. The van der Waals surface area contributed by atoms with Gasteiger partial charge in [-0.3, -0.25) is 9.78 Å². The largest absolute Gasteiger partial charge is 0.492 e. The van der Waals surface area contributed by atoms with Gasteiger partial charge in [0.2, 0.25) is 0 Å². The van der Waals surface area contributed by atoms with Crippen molar-refractivity contribution in [1.29, 1.82) is 0 Å². The second kappa shape index (κ2) is 10.2. The highest BCUT2D eigenvalue weighted by atomic mass is 19.1. The first-order chi connectivity index (χ1) is 18.9. The number of ether oxygens (including phenoxy) is 3. The number of rotatable bonds is 6. The lowest BCUT2D eigenvalue weighted by atomic mass is 9.88. The Morgan fingerprint density at radius 3 is 2.64 bits per heavy atom. The molecule has 2 aliphatic rings. The molecule has 6 heteroatoms. The zero-order valence-electron chi connectivity index (χ0n) is 22.3. The van der Waals surface area contributed by atoms with Crippen molar-refractivity contribution in [3.05, 3.63) is 100 Å². The molecule has 198 valence electrons. The molecule has 0 radical (unpaired) electrons. The number of halogens is 1. The summed E-state index contributed by atoms with van der Waals surface area (Å²) >= 11 is 0. The Balaban J connectivity index is 1.29. The van der Waals surface area contributed by atoms with Gasteiger partial charge in [-0.25, -0.2) is 4.39 Å². The Kier molecular flexibility index (Phi) is 6.55. The standard InChI is InChI=1S/C33H30FNO4/c1-19-14-21(28-6-4-5-13-35-28)15-20(2)32(19)25-9-11-27(34)33-26(25)10-12-29(33)39-23-7-8-24-22(16-31(36)37-3)18-38-30(24)17-23/h4-9,11,13-15,17,22,29H,10,12,16,18H2,1-3H3. The zero-order chi connectivity index (χ0) is 27.1. The molecular weight excluding hydrogens is 493 g/mol. The number of hydrogen-bond acceptors (Lipinski definition) is 5. The summed E-state index contributed by atoms with van der Waals surface area (Å²) in [5.41, 5.74) is 9.06. The molecule has 1 aliphatic heterocycles. The summed E-state index contributed by atoms with van der Waals surface area (Å²) in [6.45, 7) is 4.63. The highest BCUT2D eigenvalue weighted by molar-refractivity contribution is 5.79. The predicted molar refractivity (Wildman–Crippen MR) is 148 cm³/mol. The third-order valence-electron chi connectivity index (χ3n) is 7.83. The molecule has 0 amide bonds. The maximum atomic E-state index is 15.3. The summed E-state index contributed by atoms with van der Waals surface area (Å²) in [4.78, 5) is 16.2. The van der Waals surface area contributed by atoms with Crippen LogP contribution in [-0.4, -0.2) is 24.7 Å². The van der Waals surface area contributed by atoms with Crippen LogP contribution in [0.15, 0.2) is 66.9 Å². The summed E-state index contributed by atoms with van der Waals surface area (Å²) in [5, 5.41) is 0. The summed E-state index contributed by atoms with van der Waals surface area (Å²) in [6.07, 6.45) is 3.11. The van der Waals surface area contributed by atoms with E-state index in [1.807, 2.05) is 42.5 Å². The number of aromatic nitrogens is 1. The highest BCUT2D eigenvalue weighted by Crippen LogP contribution is 2.45. The Hall–Kier alpha value is -4.19. The summed E-state index contributed by atoms with van der Waals surface area (Å²) < 4.78 is 32.3. The number of esters is 1. The molecule has 0 N–H and O–H groups in total. The van der Waals surface area contributed by atoms with Gasteiger partial charge in [0.1, 0.15) is 23.4 Å². The smallest absolute Gasteiger partial charge is 0.306 e. The topological polar surface area (TPSA) is 57.7 Å². The molecule has 2 heterocycles. The average Bonchev–Trinajstić information content (AvgIpc) is 3.54. The Morgan fingerprint density at radius 2 is 1.90 bits per heavy atom. The van der Waals surface area contributed by atoms with Gasteiger partial charge in [0.25, 0.3) is 0 Å². The number of fused-ring (bicyclic) bond motifs is 2. The van der Waals surface area contributed by atoms with Gasteiger partial charge in [-0.2, -0.15) is 0 Å². The summed E-state index contributed by atoms with van der Waals surface area (Å²) in [7, 11) is 1.39. The Bertz CT molecular complexity index is 1540. The van der Waals surface area contributed by atoms with Crippen LogP contribution in [-0.2, 0) is 16.0 Å². The fourth-order valence-corrected chi connectivity index (χ4v) is 6.04. The first-order valence-electron chi connectivity index (χ1n) is 13.3. The Morgan fingerprint density at radius 1 is 1.08 bits per heavy atom. The third-order valence-corrected chi connectivity index (χ3v) is 7.83. The maximum absolute atomic E-state index is 15.3. The van der Waals surface area contributed by atoms with Gasteiger partial charge in [0, 0.05) is 34.9 Å². The molecule has 0 fully saturated rings. The van der Waals surface area contributed by atoms with Crippen LogP contribution in [0.4, 0.5) is 4.39 Å². The molecule has 39 heavy (non-hydrogen) atoms. The van der Waals surface area contributed by atoms with Gasteiger partial charge < -0.3 is 14.2 Å². The zero-order valence-corrected chi connectivity index (χ0v) is 22.3. The van der Waals surface area contributed by atoms with Crippen molar-refractivity contribution in [2.75, 3.05) is 13.7 Å². The number of carbonyl (C=O) groups is 1. The lowest BCUT2D eigenvalue weighted by Gasteiger charge is -2.19. The van der Waals surface area contributed by atoms with Crippen LogP contribution in [0.3, 0.4) is 0 Å². The predicted octanol–water partition coefficient (Wildman–Crippen LogP) is 7.28. The van der Waals surface area contributed by atoms with Gasteiger partial charge in [-0.1, -0.05) is 18.2 Å². The van der Waals surface area contributed by atoms with E-state index < -0.39 is 6.10 Å². The number of aryl methyl sites for hydroxylation is 2. The van der Waals surface area contributed by atoms with Crippen molar-refractivity contribution < 1.29 is 23.4 Å². The van der Waals surface area contributed by atoms with E-state index in [-0.39, 0.29) is 24.1 Å². The number of pyridine rings is 1. The molecule has 1 aromatic heterocycles. The van der Waals surface area contributed by atoms with E-state index in [9.17, 15) is 4.79 Å². The first-order valence-corrected chi connectivity index (χ1v) is 13.3. The molecule has 2 unspecified atom stereocenters. The molecule has 6 rings (SSSR count). The molecule has 0 spiro atoms. The maximum Gasteiger partial charge on any atom is 0.306 e. The van der Waals surface area contributed by atoms with E-state index in [4.69, 9.17) is 14.2 Å². The van der Waals surface area contributed by atoms with Gasteiger partial charge in [-0.05, 0) is 90.9 Å². The van der Waals surface area contributed by atoms with Crippen LogP contribution in [0.1, 0.15) is 52.7 Å². The van der Waals surface area contributed by atoms with Crippen molar-refractivity contribution in [3.63, 3.8) is 0 Å². The minimum atomic E-state index is -0.390. The molecule has 2 atom stereocenters. The van der Waals surface area contributed by atoms with E-state index >= 15 is 4.39 Å². The van der Waals surface area contributed by atoms with Crippen LogP contribution in [0.5, 0.6) is 11.5 Å². The number of nitrogens with zero attached hydrogens (tertiary/aromatic N) is 1. The fourth-order valence-electron chi connectivity index (χ4n) is 6.04. The minimum Gasteiger partial charge on any atom is -0.492 e. The molecule has 0 saturated heterocycles. The van der Waals surface area contributed by atoms with Crippen LogP contribution >= 0.6 is 0 Å². The van der Waals surface area contributed by atoms with E-state index in [0.29, 0.717) is 30.1 Å². The van der Waals surface area contributed by atoms with Crippen molar-refractivity contribution in [2.24, 2.45) is 0 Å². The second-order valence-corrected chi connectivity index (χ2v) is 10.3.